The Morgan fingerprint density at radius 3 is 2.91 bits per heavy atom. The SMILES string of the molecule is O=C1CCC2(CCCO2)CCN1Cc1ccc2ccccc2n1. The summed E-state index contributed by atoms with van der Waals surface area (Å²) in [6, 6.07) is 12.2. The van der Waals surface area contributed by atoms with Crippen LogP contribution in [0.15, 0.2) is 36.4 Å². The van der Waals surface area contributed by atoms with Crippen LogP contribution >= 0.6 is 0 Å². The lowest BCUT2D eigenvalue weighted by atomic mass is 9.92. The van der Waals surface area contributed by atoms with Gasteiger partial charge in [-0.05, 0) is 37.8 Å². The molecule has 2 saturated heterocycles. The van der Waals surface area contributed by atoms with E-state index >= 15 is 0 Å². The van der Waals surface area contributed by atoms with Crippen molar-refractivity contribution in [3.05, 3.63) is 42.1 Å². The van der Waals surface area contributed by atoms with Gasteiger partial charge in [-0.25, -0.2) is 0 Å². The van der Waals surface area contributed by atoms with Crippen LogP contribution in [0.5, 0.6) is 0 Å². The highest BCUT2D eigenvalue weighted by molar-refractivity contribution is 5.79. The van der Waals surface area contributed by atoms with Gasteiger partial charge in [0, 0.05) is 25.0 Å². The molecule has 1 aromatic heterocycles. The zero-order valence-electron chi connectivity index (χ0n) is 13.3. The summed E-state index contributed by atoms with van der Waals surface area (Å²) >= 11 is 0. The van der Waals surface area contributed by atoms with Crippen LogP contribution in [0.1, 0.15) is 37.8 Å². The molecule has 1 spiro atoms. The predicted molar refractivity (Wildman–Crippen MR) is 88.9 cm³/mol. The monoisotopic (exact) mass is 310 g/mol. The molecule has 1 amide bonds. The Balaban J connectivity index is 1.51. The lowest BCUT2D eigenvalue weighted by Crippen LogP contribution is -2.32. The summed E-state index contributed by atoms with van der Waals surface area (Å²) in [4.78, 5) is 19.1. The third-order valence-corrected chi connectivity index (χ3v) is 5.18. The molecule has 0 radical (unpaired) electrons. The number of para-hydroxylation sites is 1. The molecule has 3 heterocycles. The van der Waals surface area contributed by atoms with Gasteiger partial charge in [0.15, 0.2) is 0 Å². The van der Waals surface area contributed by atoms with Crippen LogP contribution in [0.2, 0.25) is 0 Å². The van der Waals surface area contributed by atoms with Crippen molar-refractivity contribution < 1.29 is 9.53 Å². The van der Waals surface area contributed by atoms with Crippen molar-refractivity contribution >= 4 is 16.8 Å². The number of rotatable bonds is 2. The van der Waals surface area contributed by atoms with Crippen LogP contribution in [0, 0.1) is 0 Å². The van der Waals surface area contributed by atoms with Crippen molar-refractivity contribution in [3.63, 3.8) is 0 Å². The maximum atomic E-state index is 12.5. The number of pyridine rings is 1. The van der Waals surface area contributed by atoms with Crippen molar-refractivity contribution in [1.82, 2.24) is 9.88 Å². The van der Waals surface area contributed by atoms with Gasteiger partial charge in [0.25, 0.3) is 0 Å². The molecule has 4 heteroatoms. The van der Waals surface area contributed by atoms with Crippen LogP contribution in [0.25, 0.3) is 10.9 Å². The van der Waals surface area contributed by atoms with Gasteiger partial charge in [-0.1, -0.05) is 24.3 Å². The Kier molecular flexibility index (Phi) is 3.77. The van der Waals surface area contributed by atoms with Gasteiger partial charge in [0.2, 0.25) is 5.91 Å². The normalized spacial score (nSPS) is 25.2. The number of nitrogens with zero attached hydrogens (tertiary/aromatic N) is 2. The van der Waals surface area contributed by atoms with E-state index < -0.39 is 0 Å². The van der Waals surface area contributed by atoms with Gasteiger partial charge in [0.05, 0.1) is 23.4 Å². The van der Waals surface area contributed by atoms with Crippen molar-refractivity contribution in [2.24, 2.45) is 0 Å². The molecule has 0 N–H and O–H groups in total. The van der Waals surface area contributed by atoms with E-state index in [1.807, 2.05) is 29.2 Å². The number of benzene rings is 1. The first-order chi connectivity index (χ1) is 11.2. The fraction of sp³-hybridized carbons (Fsp3) is 0.474. The summed E-state index contributed by atoms with van der Waals surface area (Å²) in [6.45, 7) is 2.22. The Hall–Kier alpha value is -1.94. The average molecular weight is 310 g/mol. The van der Waals surface area contributed by atoms with Crippen LogP contribution in [-0.2, 0) is 16.1 Å². The molecule has 0 aliphatic carbocycles. The Morgan fingerprint density at radius 2 is 2.04 bits per heavy atom. The van der Waals surface area contributed by atoms with E-state index in [-0.39, 0.29) is 11.5 Å². The quantitative estimate of drug-likeness (QED) is 0.855. The molecule has 1 unspecified atom stereocenters. The zero-order valence-corrected chi connectivity index (χ0v) is 13.3. The number of hydrogen-bond acceptors (Lipinski definition) is 3. The average Bonchev–Trinajstić information content (AvgIpc) is 2.99. The minimum absolute atomic E-state index is 0.0405. The molecule has 2 fully saturated rings. The van der Waals surface area contributed by atoms with Crippen LogP contribution < -0.4 is 0 Å². The van der Waals surface area contributed by atoms with Gasteiger partial charge in [0.1, 0.15) is 0 Å². The number of ether oxygens (including phenoxy) is 1. The molecule has 4 nitrogen and oxygen atoms in total. The van der Waals surface area contributed by atoms with E-state index in [0.29, 0.717) is 13.0 Å². The van der Waals surface area contributed by atoms with Crippen molar-refractivity contribution in [2.75, 3.05) is 13.2 Å². The highest BCUT2D eigenvalue weighted by Gasteiger charge is 2.38. The van der Waals surface area contributed by atoms with E-state index in [1.165, 1.54) is 0 Å². The lowest BCUT2D eigenvalue weighted by Gasteiger charge is -2.26. The second kappa shape index (κ2) is 5.93. The Morgan fingerprint density at radius 1 is 1.13 bits per heavy atom. The smallest absolute Gasteiger partial charge is 0.223 e. The standard InChI is InChI=1S/C19H22N2O2/c22-18-8-10-19(9-3-13-23-19)11-12-21(18)14-16-7-6-15-4-1-2-5-17(15)20-16/h1-2,4-7H,3,8-14H2. The molecular formula is C19H22N2O2. The summed E-state index contributed by atoms with van der Waals surface area (Å²) in [6.07, 6.45) is 4.64. The van der Waals surface area contributed by atoms with E-state index in [9.17, 15) is 4.79 Å². The number of fused-ring (bicyclic) bond motifs is 1. The highest BCUT2D eigenvalue weighted by atomic mass is 16.5. The maximum absolute atomic E-state index is 12.5. The van der Waals surface area contributed by atoms with Gasteiger partial charge in [-0.2, -0.15) is 0 Å². The second-order valence-corrected chi connectivity index (χ2v) is 6.70. The Labute approximate surface area is 136 Å². The first-order valence-corrected chi connectivity index (χ1v) is 8.51. The van der Waals surface area contributed by atoms with Gasteiger partial charge >= 0.3 is 0 Å². The van der Waals surface area contributed by atoms with E-state index in [1.54, 1.807) is 0 Å². The summed E-state index contributed by atoms with van der Waals surface area (Å²) in [5.74, 6) is 0.229. The van der Waals surface area contributed by atoms with Gasteiger partial charge in [-0.15, -0.1) is 0 Å². The third-order valence-electron chi connectivity index (χ3n) is 5.18. The predicted octanol–water partition coefficient (Wildman–Crippen LogP) is 3.30. The fourth-order valence-corrected chi connectivity index (χ4v) is 3.79. The minimum atomic E-state index is -0.0405. The van der Waals surface area contributed by atoms with Crippen LogP contribution in [0.4, 0.5) is 0 Å². The molecule has 4 rings (SSSR count). The molecule has 2 aromatic rings. The molecule has 2 aliphatic rings. The number of carbonyl (C=O) groups excluding carboxylic acids is 1. The number of amides is 1. The lowest BCUT2D eigenvalue weighted by molar-refractivity contribution is -0.131. The Bertz CT molecular complexity index is 722. The first kappa shape index (κ1) is 14.6. The topological polar surface area (TPSA) is 42.4 Å². The molecule has 120 valence electrons. The second-order valence-electron chi connectivity index (χ2n) is 6.70. The number of likely N-dealkylation sites (tertiary alicyclic amines) is 1. The number of hydrogen-bond donors (Lipinski definition) is 0. The van der Waals surface area contributed by atoms with Crippen LogP contribution in [0.3, 0.4) is 0 Å². The van der Waals surface area contributed by atoms with Gasteiger partial charge in [-0.3, -0.25) is 9.78 Å². The number of carbonyl (C=O) groups is 1. The summed E-state index contributed by atoms with van der Waals surface area (Å²) in [7, 11) is 0. The zero-order chi connectivity index (χ0) is 15.7. The number of aromatic nitrogens is 1. The van der Waals surface area contributed by atoms with E-state index in [0.717, 1.165) is 55.4 Å². The van der Waals surface area contributed by atoms with Crippen molar-refractivity contribution in [1.29, 1.82) is 0 Å². The van der Waals surface area contributed by atoms with Crippen molar-refractivity contribution in [2.45, 2.75) is 44.2 Å². The molecule has 1 atom stereocenters. The molecule has 2 aliphatic heterocycles. The molecular weight excluding hydrogens is 288 g/mol. The molecule has 23 heavy (non-hydrogen) atoms. The third kappa shape index (κ3) is 2.95. The summed E-state index contributed by atoms with van der Waals surface area (Å²) < 4.78 is 5.97. The van der Waals surface area contributed by atoms with Crippen LogP contribution in [-0.4, -0.2) is 34.5 Å². The van der Waals surface area contributed by atoms with E-state index in [4.69, 9.17) is 9.72 Å². The highest BCUT2D eigenvalue weighted by Crippen LogP contribution is 2.36. The molecule has 0 bridgehead atoms. The largest absolute Gasteiger partial charge is 0.375 e. The van der Waals surface area contributed by atoms with Gasteiger partial charge < -0.3 is 9.64 Å². The molecule has 0 saturated carbocycles. The van der Waals surface area contributed by atoms with Crippen molar-refractivity contribution in [3.8, 4) is 0 Å². The fourth-order valence-electron chi connectivity index (χ4n) is 3.79. The maximum Gasteiger partial charge on any atom is 0.223 e. The first-order valence-electron chi connectivity index (χ1n) is 8.51. The minimum Gasteiger partial charge on any atom is -0.375 e. The molecule has 1 aromatic carbocycles. The summed E-state index contributed by atoms with van der Waals surface area (Å²) in [5, 5.41) is 1.14. The summed E-state index contributed by atoms with van der Waals surface area (Å²) in [5.41, 5.74) is 1.91. The van der Waals surface area contributed by atoms with E-state index in [2.05, 4.69) is 12.1 Å².